The molecule has 0 atom stereocenters. The Bertz CT molecular complexity index is 1200. The largest absolute Gasteiger partial charge is 0.462 e. The number of amides is 1. The predicted octanol–water partition coefficient (Wildman–Crippen LogP) is 5.96. The number of esters is 1. The molecule has 0 bridgehead atoms. The summed E-state index contributed by atoms with van der Waals surface area (Å²) in [4.78, 5) is 29.6. The highest BCUT2D eigenvalue weighted by molar-refractivity contribution is 7.89. The fourth-order valence-corrected chi connectivity index (χ4v) is 7.27. The van der Waals surface area contributed by atoms with E-state index in [1.807, 2.05) is 13.8 Å². The summed E-state index contributed by atoms with van der Waals surface area (Å²) in [7, 11) is -3.65. The minimum Gasteiger partial charge on any atom is -0.462 e. The van der Waals surface area contributed by atoms with Crippen molar-refractivity contribution < 1.29 is 22.7 Å². The fourth-order valence-electron chi connectivity index (χ4n) is 4.50. The first kappa shape index (κ1) is 33.2. The standard InChI is InChI=1S/C28H41N3O5S2.ClH/c1-6-9-16-31(17-10-7-2)38(34,35)22-13-11-21(12-14-22)26(32)29-27-25(28(33)36-8-3)23-15-18-30(20(4)5)19-24(23)37-27;/h11-14,20H,6-10,15-19H2,1-5H3,(H,29,32);1H. The minimum atomic E-state index is -3.65. The van der Waals surface area contributed by atoms with Gasteiger partial charge in [-0.15, -0.1) is 23.7 Å². The van der Waals surface area contributed by atoms with Crippen molar-refractivity contribution in [1.29, 1.82) is 0 Å². The number of nitrogens with one attached hydrogen (secondary N) is 1. The zero-order valence-electron chi connectivity index (χ0n) is 23.6. The normalized spacial score (nSPS) is 13.7. The Morgan fingerprint density at radius 3 is 2.23 bits per heavy atom. The second-order valence-electron chi connectivity index (χ2n) is 9.83. The highest BCUT2D eigenvalue weighted by Crippen LogP contribution is 2.38. The Labute approximate surface area is 243 Å². The molecule has 11 heteroatoms. The summed E-state index contributed by atoms with van der Waals surface area (Å²) >= 11 is 1.41. The molecule has 0 radical (unpaired) electrons. The van der Waals surface area contributed by atoms with Gasteiger partial charge in [-0.1, -0.05) is 26.7 Å². The molecule has 0 saturated heterocycles. The lowest BCUT2D eigenvalue weighted by Crippen LogP contribution is -2.35. The van der Waals surface area contributed by atoms with Crippen LogP contribution in [0.1, 0.15) is 91.5 Å². The van der Waals surface area contributed by atoms with Crippen LogP contribution in [0.2, 0.25) is 0 Å². The molecule has 1 aliphatic rings. The van der Waals surface area contributed by atoms with E-state index in [1.54, 1.807) is 6.92 Å². The van der Waals surface area contributed by atoms with Gasteiger partial charge in [0.15, 0.2) is 0 Å². The zero-order chi connectivity index (χ0) is 27.9. The first-order valence-corrected chi connectivity index (χ1v) is 15.9. The van der Waals surface area contributed by atoms with Gasteiger partial charge in [-0.2, -0.15) is 4.31 Å². The van der Waals surface area contributed by atoms with Crippen molar-refractivity contribution >= 4 is 50.6 Å². The summed E-state index contributed by atoms with van der Waals surface area (Å²) in [5, 5.41) is 3.38. The summed E-state index contributed by atoms with van der Waals surface area (Å²) in [5.41, 5.74) is 1.70. The molecule has 218 valence electrons. The lowest BCUT2D eigenvalue weighted by atomic mass is 10.0. The van der Waals surface area contributed by atoms with E-state index in [0.717, 1.165) is 49.2 Å². The van der Waals surface area contributed by atoms with Crippen LogP contribution in [-0.2, 0) is 27.7 Å². The van der Waals surface area contributed by atoms with Crippen molar-refractivity contribution in [3.8, 4) is 0 Å². The van der Waals surface area contributed by atoms with Crippen LogP contribution in [0.3, 0.4) is 0 Å². The number of hydrogen-bond donors (Lipinski definition) is 1. The number of fused-ring (bicyclic) bond motifs is 1. The predicted molar refractivity (Wildman–Crippen MR) is 160 cm³/mol. The van der Waals surface area contributed by atoms with Gasteiger partial charge in [-0.25, -0.2) is 13.2 Å². The van der Waals surface area contributed by atoms with E-state index >= 15 is 0 Å². The third-order valence-corrected chi connectivity index (χ3v) is 9.84. The van der Waals surface area contributed by atoms with Crippen LogP contribution in [0.4, 0.5) is 5.00 Å². The summed E-state index contributed by atoms with van der Waals surface area (Å²) in [6, 6.07) is 6.41. The molecular weight excluding hydrogens is 558 g/mol. The molecule has 1 amide bonds. The molecule has 0 spiro atoms. The molecule has 8 nitrogen and oxygen atoms in total. The molecule has 0 unspecified atom stereocenters. The Kier molecular flexibility index (Phi) is 12.9. The van der Waals surface area contributed by atoms with E-state index in [0.29, 0.717) is 41.7 Å². The number of nitrogens with zero attached hydrogens (tertiary/aromatic N) is 2. The number of hydrogen-bond acceptors (Lipinski definition) is 7. The number of benzene rings is 1. The molecule has 2 aromatic rings. The Hall–Kier alpha value is -1.98. The van der Waals surface area contributed by atoms with Crippen molar-refractivity contribution in [2.75, 3.05) is 31.6 Å². The topological polar surface area (TPSA) is 96.0 Å². The minimum absolute atomic E-state index is 0. The van der Waals surface area contributed by atoms with E-state index in [1.165, 1.54) is 39.9 Å². The molecule has 1 aromatic heterocycles. The van der Waals surface area contributed by atoms with Crippen LogP contribution >= 0.6 is 23.7 Å². The molecule has 1 N–H and O–H groups in total. The lowest BCUT2D eigenvalue weighted by molar-refractivity contribution is 0.0526. The number of unbranched alkanes of at least 4 members (excludes halogenated alkanes) is 2. The number of thiophene rings is 1. The monoisotopic (exact) mass is 599 g/mol. The molecule has 0 aliphatic carbocycles. The molecule has 1 aliphatic heterocycles. The molecule has 1 aromatic carbocycles. The van der Waals surface area contributed by atoms with E-state index in [2.05, 4.69) is 24.1 Å². The van der Waals surface area contributed by atoms with Gasteiger partial charge < -0.3 is 10.1 Å². The number of ether oxygens (including phenoxy) is 1. The number of rotatable bonds is 13. The molecule has 2 heterocycles. The van der Waals surface area contributed by atoms with Gasteiger partial charge in [0.25, 0.3) is 5.91 Å². The van der Waals surface area contributed by atoms with Crippen molar-refractivity contribution in [3.05, 3.63) is 45.8 Å². The van der Waals surface area contributed by atoms with Crippen LogP contribution in [-0.4, -0.2) is 61.8 Å². The fraction of sp³-hybridized carbons (Fsp3) is 0.571. The van der Waals surface area contributed by atoms with Crippen molar-refractivity contribution in [1.82, 2.24) is 9.21 Å². The smallest absolute Gasteiger partial charge is 0.341 e. The molecule has 0 fully saturated rings. The summed E-state index contributed by atoms with van der Waals surface area (Å²) < 4.78 is 33.4. The third kappa shape index (κ3) is 8.04. The quantitative estimate of drug-likeness (QED) is 0.286. The second-order valence-corrected chi connectivity index (χ2v) is 12.9. The Morgan fingerprint density at radius 2 is 1.69 bits per heavy atom. The highest BCUT2D eigenvalue weighted by Gasteiger charge is 2.30. The van der Waals surface area contributed by atoms with Gasteiger partial charge in [0.1, 0.15) is 5.00 Å². The second kappa shape index (κ2) is 15.1. The summed E-state index contributed by atoms with van der Waals surface area (Å²) in [5.74, 6) is -0.827. The number of carbonyl (C=O) groups excluding carboxylic acids is 2. The average molecular weight is 600 g/mol. The SMILES string of the molecule is CCCCN(CCCC)S(=O)(=O)c1ccc(C(=O)Nc2sc3c(c2C(=O)OCC)CCN(C(C)C)C3)cc1.Cl. The van der Waals surface area contributed by atoms with Crippen LogP contribution in [0, 0.1) is 0 Å². The maximum absolute atomic E-state index is 13.3. The number of halogens is 1. The van der Waals surface area contributed by atoms with Crippen LogP contribution in [0.15, 0.2) is 29.2 Å². The highest BCUT2D eigenvalue weighted by atomic mass is 35.5. The first-order chi connectivity index (χ1) is 18.1. The molecule has 39 heavy (non-hydrogen) atoms. The van der Waals surface area contributed by atoms with Crippen molar-refractivity contribution in [2.45, 2.75) is 84.2 Å². The number of carbonyl (C=O) groups is 2. The van der Waals surface area contributed by atoms with Gasteiger partial charge in [-0.05, 0) is 69.9 Å². The third-order valence-electron chi connectivity index (χ3n) is 6.80. The summed E-state index contributed by atoms with van der Waals surface area (Å²) in [6.45, 7) is 12.9. The van der Waals surface area contributed by atoms with Gasteiger partial charge in [-0.3, -0.25) is 9.69 Å². The van der Waals surface area contributed by atoms with Crippen LogP contribution < -0.4 is 5.32 Å². The van der Waals surface area contributed by atoms with E-state index in [9.17, 15) is 18.0 Å². The zero-order valence-corrected chi connectivity index (χ0v) is 26.1. The average Bonchev–Trinajstić information content (AvgIpc) is 3.25. The van der Waals surface area contributed by atoms with Gasteiger partial charge in [0.2, 0.25) is 10.0 Å². The molecule has 0 saturated carbocycles. The number of anilines is 1. The van der Waals surface area contributed by atoms with E-state index < -0.39 is 21.9 Å². The van der Waals surface area contributed by atoms with Crippen LogP contribution in [0.5, 0.6) is 0 Å². The van der Waals surface area contributed by atoms with Crippen molar-refractivity contribution in [3.63, 3.8) is 0 Å². The molecule has 3 rings (SSSR count). The Morgan fingerprint density at radius 1 is 1.08 bits per heavy atom. The Balaban J connectivity index is 0.00000533. The molecular formula is C28H42ClN3O5S2. The van der Waals surface area contributed by atoms with E-state index in [4.69, 9.17) is 4.74 Å². The van der Waals surface area contributed by atoms with E-state index in [-0.39, 0.29) is 23.9 Å². The maximum Gasteiger partial charge on any atom is 0.341 e. The number of sulfonamides is 1. The lowest BCUT2D eigenvalue weighted by Gasteiger charge is -2.30. The van der Waals surface area contributed by atoms with Gasteiger partial charge in [0.05, 0.1) is 17.1 Å². The first-order valence-electron chi connectivity index (χ1n) is 13.6. The van der Waals surface area contributed by atoms with Gasteiger partial charge >= 0.3 is 5.97 Å². The van der Waals surface area contributed by atoms with Crippen LogP contribution in [0.25, 0.3) is 0 Å². The van der Waals surface area contributed by atoms with Crippen molar-refractivity contribution in [2.24, 2.45) is 0 Å². The summed E-state index contributed by atoms with van der Waals surface area (Å²) in [6.07, 6.45) is 4.13. The van der Waals surface area contributed by atoms with Gasteiger partial charge in [0, 0.05) is 42.7 Å². The maximum atomic E-state index is 13.3.